The van der Waals surface area contributed by atoms with Crippen molar-refractivity contribution in [1.29, 1.82) is 0 Å². The molecular weight excluding hydrogens is 184 g/mol. The molecule has 0 aliphatic carbocycles. The van der Waals surface area contributed by atoms with Crippen molar-refractivity contribution in [2.45, 2.75) is 53.0 Å². The smallest absolute Gasteiger partial charge is 0.0217 e. The predicted octanol–water partition coefficient (Wildman–Crippen LogP) is 2.74. The van der Waals surface area contributed by atoms with E-state index in [0.717, 1.165) is 5.92 Å². The van der Waals surface area contributed by atoms with Crippen molar-refractivity contribution in [3.63, 3.8) is 0 Å². The van der Waals surface area contributed by atoms with Crippen LogP contribution in [0, 0.1) is 5.92 Å². The molecule has 0 aliphatic rings. The Hall–Kier alpha value is -0.0800. The molecule has 0 rings (SSSR count). The van der Waals surface area contributed by atoms with Crippen molar-refractivity contribution >= 4 is 0 Å². The second-order valence-corrected chi connectivity index (χ2v) is 4.53. The lowest BCUT2D eigenvalue weighted by molar-refractivity contribution is 0.222. The van der Waals surface area contributed by atoms with Gasteiger partial charge >= 0.3 is 0 Å². The van der Waals surface area contributed by atoms with E-state index in [1.807, 2.05) is 0 Å². The topological polar surface area (TPSA) is 15.3 Å². The van der Waals surface area contributed by atoms with Gasteiger partial charge in [-0.2, -0.15) is 0 Å². The van der Waals surface area contributed by atoms with Crippen LogP contribution in [0.25, 0.3) is 0 Å². The maximum Gasteiger partial charge on any atom is 0.0217 e. The highest BCUT2D eigenvalue weighted by molar-refractivity contribution is 4.75. The first-order valence-electron chi connectivity index (χ1n) is 6.59. The summed E-state index contributed by atoms with van der Waals surface area (Å²) in [5.41, 5.74) is 0. The molecule has 0 aromatic heterocycles. The monoisotopic (exact) mass is 214 g/mol. The first-order chi connectivity index (χ1) is 7.19. The molecule has 0 saturated carbocycles. The third-order valence-electron chi connectivity index (χ3n) is 3.43. The SMILES string of the molecule is CCCCN(CC)CC(NC)C(C)CC. The van der Waals surface area contributed by atoms with E-state index in [0.29, 0.717) is 6.04 Å². The summed E-state index contributed by atoms with van der Waals surface area (Å²) in [6.45, 7) is 12.8. The highest BCUT2D eigenvalue weighted by atomic mass is 15.1. The largest absolute Gasteiger partial charge is 0.315 e. The fraction of sp³-hybridized carbons (Fsp3) is 1.00. The third kappa shape index (κ3) is 6.16. The van der Waals surface area contributed by atoms with Crippen LogP contribution in [0.5, 0.6) is 0 Å². The van der Waals surface area contributed by atoms with E-state index < -0.39 is 0 Å². The quantitative estimate of drug-likeness (QED) is 0.635. The van der Waals surface area contributed by atoms with Gasteiger partial charge in [-0.3, -0.25) is 0 Å². The standard InChI is InChI=1S/C13H30N2/c1-6-9-10-15(8-3)11-13(14-5)12(4)7-2/h12-14H,6-11H2,1-5H3. The van der Waals surface area contributed by atoms with Crippen LogP contribution in [-0.2, 0) is 0 Å². The van der Waals surface area contributed by atoms with Crippen LogP contribution >= 0.6 is 0 Å². The van der Waals surface area contributed by atoms with Crippen molar-refractivity contribution in [2.75, 3.05) is 26.7 Å². The lowest BCUT2D eigenvalue weighted by Gasteiger charge is -2.29. The van der Waals surface area contributed by atoms with Crippen LogP contribution < -0.4 is 5.32 Å². The Morgan fingerprint density at radius 1 is 1.20 bits per heavy atom. The van der Waals surface area contributed by atoms with E-state index in [2.05, 4.69) is 45.0 Å². The van der Waals surface area contributed by atoms with Gasteiger partial charge in [0.2, 0.25) is 0 Å². The van der Waals surface area contributed by atoms with Gasteiger partial charge in [0.1, 0.15) is 0 Å². The van der Waals surface area contributed by atoms with Gasteiger partial charge in [0.15, 0.2) is 0 Å². The minimum atomic E-state index is 0.645. The van der Waals surface area contributed by atoms with Gasteiger partial charge in [0, 0.05) is 12.6 Å². The molecule has 0 aromatic rings. The molecule has 0 spiro atoms. The van der Waals surface area contributed by atoms with Crippen LogP contribution in [0.4, 0.5) is 0 Å². The fourth-order valence-corrected chi connectivity index (χ4v) is 1.88. The molecule has 0 heterocycles. The number of hydrogen-bond acceptors (Lipinski definition) is 2. The average Bonchev–Trinajstić information content (AvgIpc) is 2.28. The number of likely N-dealkylation sites (N-methyl/N-ethyl adjacent to an activating group) is 2. The van der Waals surface area contributed by atoms with Gasteiger partial charge in [0.25, 0.3) is 0 Å². The van der Waals surface area contributed by atoms with Gasteiger partial charge in [-0.05, 0) is 32.5 Å². The van der Waals surface area contributed by atoms with Gasteiger partial charge in [-0.1, -0.05) is 40.5 Å². The molecule has 2 unspecified atom stereocenters. The van der Waals surface area contributed by atoms with E-state index in [-0.39, 0.29) is 0 Å². The van der Waals surface area contributed by atoms with E-state index in [4.69, 9.17) is 0 Å². The zero-order valence-electron chi connectivity index (χ0n) is 11.3. The van der Waals surface area contributed by atoms with Crippen LogP contribution in [0.15, 0.2) is 0 Å². The Balaban J connectivity index is 3.99. The summed E-state index contributed by atoms with van der Waals surface area (Å²) >= 11 is 0. The van der Waals surface area contributed by atoms with Crippen LogP contribution in [-0.4, -0.2) is 37.6 Å². The van der Waals surface area contributed by atoms with E-state index in [1.165, 1.54) is 38.9 Å². The molecule has 2 atom stereocenters. The normalized spacial score (nSPS) is 15.6. The second kappa shape index (κ2) is 9.17. The minimum Gasteiger partial charge on any atom is -0.315 e. The number of rotatable bonds is 9. The molecule has 0 aromatic carbocycles. The number of nitrogens with one attached hydrogen (secondary N) is 1. The van der Waals surface area contributed by atoms with Gasteiger partial charge in [-0.15, -0.1) is 0 Å². The zero-order chi connectivity index (χ0) is 11.7. The highest BCUT2D eigenvalue weighted by Crippen LogP contribution is 2.09. The summed E-state index contributed by atoms with van der Waals surface area (Å²) in [5.74, 6) is 0.769. The zero-order valence-corrected chi connectivity index (χ0v) is 11.3. The third-order valence-corrected chi connectivity index (χ3v) is 3.43. The summed E-state index contributed by atoms with van der Waals surface area (Å²) < 4.78 is 0. The Kier molecular flexibility index (Phi) is 9.12. The number of unbranched alkanes of at least 4 members (excludes halogenated alkanes) is 1. The van der Waals surface area contributed by atoms with E-state index in [1.54, 1.807) is 0 Å². The first kappa shape index (κ1) is 14.9. The average molecular weight is 214 g/mol. The summed E-state index contributed by atoms with van der Waals surface area (Å²) in [7, 11) is 2.09. The van der Waals surface area contributed by atoms with Crippen LogP contribution in [0.3, 0.4) is 0 Å². The number of nitrogens with zero attached hydrogens (tertiary/aromatic N) is 1. The molecule has 1 N–H and O–H groups in total. The van der Waals surface area contributed by atoms with Gasteiger partial charge in [-0.25, -0.2) is 0 Å². The van der Waals surface area contributed by atoms with Gasteiger partial charge < -0.3 is 10.2 Å². The second-order valence-electron chi connectivity index (χ2n) is 4.53. The maximum absolute atomic E-state index is 3.45. The molecule has 0 aliphatic heterocycles. The molecule has 0 fully saturated rings. The molecule has 0 saturated heterocycles. The molecule has 92 valence electrons. The Morgan fingerprint density at radius 3 is 2.27 bits per heavy atom. The summed E-state index contributed by atoms with van der Waals surface area (Å²) in [5, 5.41) is 3.45. The van der Waals surface area contributed by atoms with Crippen molar-refractivity contribution in [2.24, 2.45) is 5.92 Å². The highest BCUT2D eigenvalue weighted by Gasteiger charge is 2.16. The van der Waals surface area contributed by atoms with Crippen molar-refractivity contribution < 1.29 is 0 Å². The van der Waals surface area contributed by atoms with Gasteiger partial charge in [0.05, 0.1) is 0 Å². The Morgan fingerprint density at radius 2 is 1.87 bits per heavy atom. The van der Waals surface area contributed by atoms with Crippen molar-refractivity contribution in [3.8, 4) is 0 Å². The van der Waals surface area contributed by atoms with Crippen LogP contribution in [0.2, 0.25) is 0 Å². The lowest BCUT2D eigenvalue weighted by atomic mass is 9.99. The molecule has 0 radical (unpaired) electrons. The predicted molar refractivity (Wildman–Crippen MR) is 69.3 cm³/mol. The molecule has 15 heavy (non-hydrogen) atoms. The van der Waals surface area contributed by atoms with Crippen molar-refractivity contribution in [3.05, 3.63) is 0 Å². The fourth-order valence-electron chi connectivity index (χ4n) is 1.88. The van der Waals surface area contributed by atoms with E-state index in [9.17, 15) is 0 Å². The van der Waals surface area contributed by atoms with E-state index >= 15 is 0 Å². The Labute approximate surface area is 96.4 Å². The number of hydrogen-bond donors (Lipinski definition) is 1. The molecule has 0 amide bonds. The Bertz CT molecular complexity index is 136. The minimum absolute atomic E-state index is 0.645. The van der Waals surface area contributed by atoms with Crippen molar-refractivity contribution in [1.82, 2.24) is 10.2 Å². The first-order valence-corrected chi connectivity index (χ1v) is 6.59. The summed E-state index contributed by atoms with van der Waals surface area (Å²) in [6, 6.07) is 0.645. The molecule has 2 heteroatoms. The molecule has 2 nitrogen and oxygen atoms in total. The lowest BCUT2D eigenvalue weighted by Crippen LogP contribution is -2.43. The molecule has 0 bridgehead atoms. The molecular formula is C13H30N2. The summed E-state index contributed by atoms with van der Waals surface area (Å²) in [4.78, 5) is 2.57. The maximum atomic E-state index is 3.45. The van der Waals surface area contributed by atoms with Crippen LogP contribution in [0.1, 0.15) is 47.0 Å². The summed E-state index contributed by atoms with van der Waals surface area (Å²) in [6.07, 6.45) is 3.88.